The first-order chi connectivity index (χ1) is 9.84. The van der Waals surface area contributed by atoms with Crippen LogP contribution in [-0.2, 0) is 0 Å². The molecule has 104 valence electrons. The molecule has 4 nitrogen and oxygen atoms in total. The Morgan fingerprint density at radius 3 is 2.70 bits per heavy atom. The summed E-state index contributed by atoms with van der Waals surface area (Å²) >= 11 is 0. The van der Waals surface area contributed by atoms with Gasteiger partial charge in [-0.15, -0.1) is 5.10 Å². The normalized spacial score (nSPS) is 15.6. The lowest BCUT2D eigenvalue weighted by Gasteiger charge is -2.08. The molecular weight excluding hydrogens is 250 g/mol. The van der Waals surface area contributed by atoms with Gasteiger partial charge in [-0.25, -0.2) is 4.68 Å². The molecule has 4 heteroatoms. The van der Waals surface area contributed by atoms with Gasteiger partial charge in [-0.1, -0.05) is 49.1 Å². The van der Waals surface area contributed by atoms with E-state index >= 15 is 0 Å². The Bertz CT molecular complexity index is 570. The van der Waals surface area contributed by atoms with Gasteiger partial charge in [-0.2, -0.15) is 0 Å². The van der Waals surface area contributed by atoms with Gasteiger partial charge in [-0.3, -0.25) is 4.79 Å². The number of para-hydroxylation sites is 1. The van der Waals surface area contributed by atoms with Crippen LogP contribution in [0.25, 0.3) is 5.69 Å². The van der Waals surface area contributed by atoms with E-state index in [0.29, 0.717) is 12.1 Å². The molecule has 0 spiro atoms. The first-order valence-electron chi connectivity index (χ1n) is 7.34. The van der Waals surface area contributed by atoms with Crippen LogP contribution in [0.2, 0.25) is 0 Å². The third-order valence-corrected chi connectivity index (χ3v) is 4.09. The summed E-state index contributed by atoms with van der Waals surface area (Å²) in [6, 6.07) is 9.68. The first-order valence-corrected chi connectivity index (χ1v) is 7.34. The van der Waals surface area contributed by atoms with Crippen molar-refractivity contribution in [3.05, 3.63) is 42.2 Å². The standard InChI is InChI=1S/C16H19N3O/c20-16(11-10-13-6-4-5-7-13)15-12-17-18-19(15)14-8-2-1-3-9-14/h1-3,8-9,12-13H,4-7,10-11H2. The molecule has 0 aliphatic heterocycles. The molecule has 0 atom stereocenters. The Hall–Kier alpha value is -1.97. The number of hydrogen-bond donors (Lipinski definition) is 0. The zero-order valence-corrected chi connectivity index (χ0v) is 11.5. The van der Waals surface area contributed by atoms with E-state index in [1.54, 1.807) is 10.9 Å². The van der Waals surface area contributed by atoms with Crippen LogP contribution in [0, 0.1) is 5.92 Å². The Morgan fingerprint density at radius 1 is 1.20 bits per heavy atom. The molecule has 1 heterocycles. The minimum absolute atomic E-state index is 0.144. The van der Waals surface area contributed by atoms with Crippen molar-refractivity contribution in [2.45, 2.75) is 38.5 Å². The summed E-state index contributed by atoms with van der Waals surface area (Å²) in [5.41, 5.74) is 1.48. The largest absolute Gasteiger partial charge is 0.292 e. The van der Waals surface area contributed by atoms with Gasteiger partial charge in [0, 0.05) is 6.42 Å². The van der Waals surface area contributed by atoms with E-state index in [1.165, 1.54) is 25.7 Å². The maximum Gasteiger partial charge on any atom is 0.182 e. The van der Waals surface area contributed by atoms with Crippen LogP contribution in [0.3, 0.4) is 0 Å². The molecule has 1 aliphatic rings. The van der Waals surface area contributed by atoms with Gasteiger partial charge in [0.1, 0.15) is 5.69 Å². The van der Waals surface area contributed by atoms with Gasteiger partial charge in [-0.05, 0) is 24.5 Å². The highest BCUT2D eigenvalue weighted by Crippen LogP contribution is 2.29. The lowest BCUT2D eigenvalue weighted by molar-refractivity contribution is 0.0966. The SMILES string of the molecule is O=C(CCC1CCCC1)c1cnnn1-c1ccccc1. The van der Waals surface area contributed by atoms with E-state index < -0.39 is 0 Å². The number of hydrogen-bond acceptors (Lipinski definition) is 3. The van der Waals surface area contributed by atoms with Crippen LogP contribution in [0.5, 0.6) is 0 Å². The molecule has 1 fully saturated rings. The van der Waals surface area contributed by atoms with Crippen molar-refractivity contribution < 1.29 is 4.79 Å². The number of carbonyl (C=O) groups is 1. The van der Waals surface area contributed by atoms with Crippen molar-refractivity contribution >= 4 is 5.78 Å². The van der Waals surface area contributed by atoms with Gasteiger partial charge in [0.05, 0.1) is 11.9 Å². The monoisotopic (exact) mass is 269 g/mol. The molecule has 3 rings (SSSR count). The minimum Gasteiger partial charge on any atom is -0.292 e. The molecule has 0 unspecified atom stereocenters. The minimum atomic E-state index is 0.144. The molecule has 1 aliphatic carbocycles. The molecular formula is C16H19N3O. The zero-order valence-electron chi connectivity index (χ0n) is 11.5. The number of aromatic nitrogens is 3. The quantitative estimate of drug-likeness (QED) is 0.781. The van der Waals surface area contributed by atoms with Crippen LogP contribution in [0.4, 0.5) is 0 Å². The lowest BCUT2D eigenvalue weighted by Crippen LogP contribution is -2.10. The second-order valence-corrected chi connectivity index (χ2v) is 5.48. The molecule has 0 saturated heterocycles. The Kier molecular flexibility index (Phi) is 3.90. The molecule has 20 heavy (non-hydrogen) atoms. The summed E-state index contributed by atoms with van der Waals surface area (Å²) in [4.78, 5) is 12.4. The number of nitrogens with zero attached hydrogens (tertiary/aromatic N) is 3. The smallest absolute Gasteiger partial charge is 0.182 e. The van der Waals surface area contributed by atoms with Crippen LogP contribution in [0.1, 0.15) is 49.0 Å². The molecule has 1 saturated carbocycles. The number of ketones is 1. The van der Waals surface area contributed by atoms with Gasteiger partial charge < -0.3 is 0 Å². The van der Waals surface area contributed by atoms with Crippen molar-refractivity contribution in [2.75, 3.05) is 0 Å². The summed E-state index contributed by atoms with van der Waals surface area (Å²) < 4.78 is 1.64. The van der Waals surface area contributed by atoms with Crippen LogP contribution < -0.4 is 0 Å². The predicted molar refractivity (Wildman–Crippen MR) is 76.9 cm³/mol. The lowest BCUT2D eigenvalue weighted by atomic mass is 9.99. The molecule has 0 radical (unpaired) electrons. The highest BCUT2D eigenvalue weighted by atomic mass is 16.1. The third-order valence-electron chi connectivity index (χ3n) is 4.09. The summed E-state index contributed by atoms with van der Waals surface area (Å²) in [5.74, 6) is 0.880. The highest BCUT2D eigenvalue weighted by Gasteiger charge is 2.19. The van der Waals surface area contributed by atoms with Gasteiger partial charge >= 0.3 is 0 Å². The molecule has 0 N–H and O–H groups in total. The maximum absolute atomic E-state index is 12.4. The van der Waals surface area contributed by atoms with Crippen LogP contribution in [0.15, 0.2) is 36.5 Å². The number of benzene rings is 1. The van der Waals surface area contributed by atoms with E-state index in [4.69, 9.17) is 0 Å². The van der Waals surface area contributed by atoms with Crippen molar-refractivity contribution in [3.63, 3.8) is 0 Å². The van der Waals surface area contributed by atoms with Crippen LogP contribution in [-0.4, -0.2) is 20.8 Å². The average molecular weight is 269 g/mol. The Labute approximate surface area is 118 Å². The highest BCUT2D eigenvalue weighted by molar-refractivity contribution is 5.94. The fourth-order valence-corrected chi connectivity index (χ4v) is 2.95. The van der Waals surface area contributed by atoms with Gasteiger partial charge in [0.2, 0.25) is 0 Å². The fraction of sp³-hybridized carbons (Fsp3) is 0.438. The van der Waals surface area contributed by atoms with Crippen molar-refractivity contribution in [1.82, 2.24) is 15.0 Å². The van der Waals surface area contributed by atoms with E-state index in [9.17, 15) is 4.79 Å². The summed E-state index contributed by atoms with van der Waals surface area (Å²) in [6.07, 6.45) is 8.38. The zero-order chi connectivity index (χ0) is 13.8. The third kappa shape index (κ3) is 2.79. The number of carbonyl (C=O) groups excluding carboxylic acids is 1. The predicted octanol–water partition coefficient (Wildman–Crippen LogP) is 3.42. The molecule has 0 amide bonds. The van der Waals surface area contributed by atoms with Crippen molar-refractivity contribution in [2.24, 2.45) is 5.92 Å². The molecule has 2 aromatic rings. The van der Waals surface area contributed by atoms with E-state index in [1.807, 2.05) is 30.3 Å². The second-order valence-electron chi connectivity index (χ2n) is 5.48. The summed E-state index contributed by atoms with van der Waals surface area (Å²) in [6.45, 7) is 0. The Morgan fingerprint density at radius 2 is 1.95 bits per heavy atom. The van der Waals surface area contributed by atoms with E-state index in [0.717, 1.165) is 18.0 Å². The Balaban J connectivity index is 1.70. The molecule has 1 aromatic heterocycles. The van der Waals surface area contributed by atoms with Crippen molar-refractivity contribution in [1.29, 1.82) is 0 Å². The summed E-state index contributed by atoms with van der Waals surface area (Å²) in [7, 11) is 0. The van der Waals surface area contributed by atoms with Gasteiger partial charge in [0.15, 0.2) is 5.78 Å². The maximum atomic E-state index is 12.4. The number of Topliss-reactive ketones (excluding diaryl/α,β-unsaturated/α-hetero) is 1. The average Bonchev–Trinajstić information content (AvgIpc) is 3.17. The number of rotatable bonds is 5. The van der Waals surface area contributed by atoms with Crippen molar-refractivity contribution in [3.8, 4) is 5.69 Å². The second kappa shape index (κ2) is 5.99. The first kappa shape index (κ1) is 13.0. The van der Waals surface area contributed by atoms with E-state index in [-0.39, 0.29) is 5.78 Å². The van der Waals surface area contributed by atoms with E-state index in [2.05, 4.69) is 10.3 Å². The molecule has 1 aromatic carbocycles. The van der Waals surface area contributed by atoms with Gasteiger partial charge in [0.25, 0.3) is 0 Å². The fourth-order valence-electron chi connectivity index (χ4n) is 2.95. The topological polar surface area (TPSA) is 47.8 Å². The molecule has 0 bridgehead atoms. The summed E-state index contributed by atoms with van der Waals surface area (Å²) in [5, 5.41) is 7.92. The van der Waals surface area contributed by atoms with Crippen LogP contribution >= 0.6 is 0 Å².